The van der Waals surface area contributed by atoms with Crippen molar-refractivity contribution in [1.82, 2.24) is 9.62 Å². The van der Waals surface area contributed by atoms with E-state index in [9.17, 15) is 8.42 Å². The highest BCUT2D eigenvalue weighted by Gasteiger charge is 2.24. The van der Waals surface area contributed by atoms with Crippen molar-refractivity contribution in [3.8, 4) is 0 Å². The quantitative estimate of drug-likeness (QED) is 0.825. The predicted octanol–water partition coefficient (Wildman–Crippen LogP) is 1.29. The van der Waals surface area contributed by atoms with Crippen molar-refractivity contribution in [2.24, 2.45) is 0 Å². The molecule has 0 radical (unpaired) electrons. The van der Waals surface area contributed by atoms with E-state index in [0.29, 0.717) is 5.02 Å². The second-order valence-electron chi connectivity index (χ2n) is 4.88. The van der Waals surface area contributed by atoms with Crippen LogP contribution in [0.15, 0.2) is 23.1 Å². The van der Waals surface area contributed by atoms with Crippen LogP contribution in [0.5, 0.6) is 0 Å². The van der Waals surface area contributed by atoms with E-state index in [1.165, 1.54) is 12.1 Å². The molecule has 1 aliphatic heterocycles. The molecule has 1 fully saturated rings. The summed E-state index contributed by atoms with van der Waals surface area (Å²) >= 11 is 5.83. The number of benzene rings is 1. The van der Waals surface area contributed by atoms with Crippen molar-refractivity contribution < 1.29 is 8.42 Å². The third kappa shape index (κ3) is 3.60. The van der Waals surface area contributed by atoms with Gasteiger partial charge in [0.25, 0.3) is 0 Å². The number of anilines is 1. The molecule has 1 aromatic carbocycles. The number of nitrogens with one attached hydrogen (secondary N) is 1. The Balaban J connectivity index is 2.16. The fourth-order valence-electron chi connectivity index (χ4n) is 2.15. The molecule has 1 aromatic rings. The van der Waals surface area contributed by atoms with Crippen LogP contribution in [0, 0.1) is 0 Å². The Bertz CT molecular complexity index is 554. The van der Waals surface area contributed by atoms with Gasteiger partial charge in [0.15, 0.2) is 0 Å². The minimum absolute atomic E-state index is 0.0421. The molecule has 0 spiro atoms. The standard InChI is InChI=1S/C12H18ClN3O2S/c1-16-6-4-10(5-7-16)15-19(17,18)12-8-9(13)2-3-11(12)14/h2-3,8,10,15H,4-7,14H2,1H3. The van der Waals surface area contributed by atoms with Crippen LogP contribution in [0.2, 0.25) is 5.02 Å². The van der Waals surface area contributed by atoms with Crippen LogP contribution in [-0.4, -0.2) is 39.5 Å². The monoisotopic (exact) mass is 303 g/mol. The molecule has 106 valence electrons. The van der Waals surface area contributed by atoms with Gasteiger partial charge in [-0.2, -0.15) is 0 Å². The summed E-state index contributed by atoms with van der Waals surface area (Å²) in [6, 6.07) is 4.42. The molecule has 0 saturated carbocycles. The minimum atomic E-state index is -3.61. The topological polar surface area (TPSA) is 75.4 Å². The van der Waals surface area contributed by atoms with Crippen molar-refractivity contribution >= 4 is 27.3 Å². The van der Waals surface area contributed by atoms with E-state index in [1.807, 2.05) is 7.05 Å². The molecule has 19 heavy (non-hydrogen) atoms. The van der Waals surface area contributed by atoms with Gasteiger partial charge in [-0.25, -0.2) is 13.1 Å². The summed E-state index contributed by atoms with van der Waals surface area (Å²) in [5.41, 5.74) is 5.93. The van der Waals surface area contributed by atoms with E-state index in [2.05, 4.69) is 9.62 Å². The average Bonchev–Trinajstić information content (AvgIpc) is 2.35. The number of piperidine rings is 1. The number of halogens is 1. The first-order chi connectivity index (χ1) is 8.88. The number of hydrogen-bond donors (Lipinski definition) is 2. The third-order valence-corrected chi connectivity index (χ3v) is 5.12. The van der Waals surface area contributed by atoms with Crippen molar-refractivity contribution in [3.63, 3.8) is 0 Å². The van der Waals surface area contributed by atoms with Gasteiger partial charge >= 0.3 is 0 Å². The summed E-state index contributed by atoms with van der Waals surface area (Å²) in [5.74, 6) is 0. The summed E-state index contributed by atoms with van der Waals surface area (Å²) in [6.45, 7) is 1.77. The highest BCUT2D eigenvalue weighted by molar-refractivity contribution is 7.89. The smallest absolute Gasteiger partial charge is 0.242 e. The normalized spacial score (nSPS) is 18.6. The van der Waals surface area contributed by atoms with E-state index in [1.54, 1.807) is 6.07 Å². The second kappa shape index (κ2) is 5.66. The number of sulfonamides is 1. The fraction of sp³-hybridized carbons (Fsp3) is 0.500. The van der Waals surface area contributed by atoms with Gasteiger partial charge in [0.1, 0.15) is 4.90 Å². The van der Waals surface area contributed by atoms with Gasteiger partial charge in [0.2, 0.25) is 10.0 Å². The minimum Gasteiger partial charge on any atom is -0.398 e. The zero-order valence-electron chi connectivity index (χ0n) is 10.8. The predicted molar refractivity (Wildman–Crippen MR) is 76.7 cm³/mol. The van der Waals surface area contributed by atoms with Crippen LogP contribution in [0.4, 0.5) is 5.69 Å². The lowest BCUT2D eigenvalue weighted by atomic mass is 10.1. The van der Waals surface area contributed by atoms with E-state index in [0.717, 1.165) is 25.9 Å². The number of likely N-dealkylation sites (tertiary alicyclic amines) is 1. The Morgan fingerprint density at radius 3 is 2.63 bits per heavy atom. The lowest BCUT2D eigenvalue weighted by Crippen LogP contribution is -2.43. The zero-order valence-corrected chi connectivity index (χ0v) is 12.3. The zero-order chi connectivity index (χ0) is 14.0. The van der Waals surface area contributed by atoms with Crippen molar-refractivity contribution in [1.29, 1.82) is 0 Å². The van der Waals surface area contributed by atoms with Gasteiger partial charge in [0.05, 0.1) is 5.69 Å². The van der Waals surface area contributed by atoms with Crippen LogP contribution in [0.25, 0.3) is 0 Å². The van der Waals surface area contributed by atoms with Crippen LogP contribution >= 0.6 is 11.6 Å². The fourth-order valence-corrected chi connectivity index (χ4v) is 3.85. The maximum absolute atomic E-state index is 12.3. The maximum atomic E-state index is 12.3. The average molecular weight is 304 g/mol. The first-order valence-corrected chi connectivity index (χ1v) is 8.00. The summed E-state index contributed by atoms with van der Waals surface area (Å²) < 4.78 is 27.3. The van der Waals surface area contributed by atoms with Crippen LogP contribution in [0.3, 0.4) is 0 Å². The molecule has 0 aromatic heterocycles. The molecule has 0 aliphatic carbocycles. The van der Waals surface area contributed by atoms with Crippen LogP contribution < -0.4 is 10.5 Å². The number of nitrogens with two attached hydrogens (primary N) is 1. The van der Waals surface area contributed by atoms with E-state index >= 15 is 0 Å². The van der Waals surface area contributed by atoms with Gasteiger partial charge in [-0.1, -0.05) is 11.6 Å². The largest absolute Gasteiger partial charge is 0.398 e. The summed E-state index contributed by atoms with van der Waals surface area (Å²) in [7, 11) is -1.58. The van der Waals surface area contributed by atoms with E-state index in [4.69, 9.17) is 17.3 Å². The van der Waals surface area contributed by atoms with Gasteiger partial charge in [-0.05, 0) is 51.2 Å². The number of nitrogen functional groups attached to an aromatic ring is 1. The molecule has 1 heterocycles. The Hall–Kier alpha value is -0.820. The lowest BCUT2D eigenvalue weighted by Gasteiger charge is -2.29. The molecule has 1 aliphatic rings. The van der Waals surface area contributed by atoms with Gasteiger partial charge in [0, 0.05) is 11.1 Å². The third-order valence-electron chi connectivity index (χ3n) is 3.31. The molecule has 0 unspecified atom stereocenters. The number of nitrogens with zero attached hydrogens (tertiary/aromatic N) is 1. The Labute approximate surface area is 118 Å². The maximum Gasteiger partial charge on any atom is 0.242 e. The van der Waals surface area contributed by atoms with E-state index < -0.39 is 10.0 Å². The van der Waals surface area contributed by atoms with Crippen LogP contribution in [-0.2, 0) is 10.0 Å². The molecule has 0 amide bonds. The molecule has 0 atom stereocenters. The summed E-state index contributed by atoms with van der Waals surface area (Å²) in [4.78, 5) is 2.23. The number of rotatable bonds is 3. The van der Waals surface area contributed by atoms with Crippen molar-refractivity contribution in [2.45, 2.75) is 23.8 Å². The number of hydrogen-bond acceptors (Lipinski definition) is 4. The van der Waals surface area contributed by atoms with E-state index in [-0.39, 0.29) is 16.6 Å². The SMILES string of the molecule is CN1CCC(NS(=O)(=O)c2cc(Cl)ccc2N)CC1. The summed E-state index contributed by atoms with van der Waals surface area (Å²) in [6.07, 6.45) is 1.60. The Morgan fingerprint density at radius 2 is 2.00 bits per heavy atom. The molecular formula is C12H18ClN3O2S. The van der Waals surface area contributed by atoms with Crippen LogP contribution in [0.1, 0.15) is 12.8 Å². The molecule has 3 N–H and O–H groups in total. The summed E-state index contributed by atoms with van der Waals surface area (Å²) in [5, 5.41) is 0.359. The highest BCUT2D eigenvalue weighted by atomic mass is 35.5. The van der Waals surface area contributed by atoms with Gasteiger partial charge < -0.3 is 10.6 Å². The first kappa shape index (κ1) is 14.6. The molecule has 7 heteroatoms. The van der Waals surface area contributed by atoms with Crippen molar-refractivity contribution in [3.05, 3.63) is 23.2 Å². The molecule has 1 saturated heterocycles. The van der Waals surface area contributed by atoms with Crippen molar-refractivity contribution in [2.75, 3.05) is 25.9 Å². The second-order valence-corrected chi connectivity index (χ2v) is 7.00. The Morgan fingerprint density at radius 1 is 1.37 bits per heavy atom. The first-order valence-electron chi connectivity index (χ1n) is 6.14. The highest BCUT2D eigenvalue weighted by Crippen LogP contribution is 2.23. The molecular weight excluding hydrogens is 286 g/mol. The lowest BCUT2D eigenvalue weighted by molar-refractivity contribution is 0.248. The molecule has 2 rings (SSSR count). The molecule has 5 nitrogen and oxygen atoms in total. The Kier molecular flexibility index (Phi) is 4.35. The molecule has 0 bridgehead atoms. The van der Waals surface area contributed by atoms with Gasteiger partial charge in [-0.3, -0.25) is 0 Å². The van der Waals surface area contributed by atoms with Gasteiger partial charge in [-0.15, -0.1) is 0 Å².